The molecule has 0 aliphatic heterocycles. The fourth-order valence-corrected chi connectivity index (χ4v) is 3.48. The monoisotopic (exact) mass is 423 g/mol. The Morgan fingerprint density at radius 1 is 0.643 bits per heavy atom. The van der Waals surface area contributed by atoms with Crippen molar-refractivity contribution >= 4 is 63.3 Å². The molecule has 162 valence electrons. The summed E-state index contributed by atoms with van der Waals surface area (Å²) in [5, 5.41) is 8.66. The predicted molar refractivity (Wildman–Crippen MR) is 121 cm³/mol. The first-order valence-electron chi connectivity index (χ1n) is 11.5. The fraction of sp³-hybridized carbons (Fsp3) is 0.913. The average Bonchev–Trinajstić information content (AvgIpc) is 2.63. The fourth-order valence-electron chi connectivity index (χ4n) is 3.48. The van der Waals surface area contributed by atoms with Gasteiger partial charge in [0.25, 0.3) is 0 Å². The van der Waals surface area contributed by atoms with Crippen LogP contribution < -0.4 is 0 Å². The second-order valence-electron chi connectivity index (χ2n) is 8.05. The molecule has 28 heavy (non-hydrogen) atoms. The molecule has 0 rings (SSSR count). The summed E-state index contributed by atoms with van der Waals surface area (Å²) in [5.41, 5.74) is 0. The molecule has 0 atom stereocenters. The van der Waals surface area contributed by atoms with Gasteiger partial charge in [-0.25, -0.2) is 0 Å². The number of rotatable bonds is 20. The standard InChI is InChI=1S/C23H45NO3.K.H/c1-3-4-5-6-7-8-9-10-11-12-13-14-15-16-17-18-19-20-22(25)24(2)21-23(26)27;;/h3-21H2,1-2H3,(H,26,27);;. The first-order chi connectivity index (χ1) is 13.1. The van der Waals surface area contributed by atoms with E-state index in [9.17, 15) is 9.59 Å². The Hall–Kier alpha value is 0.576. The van der Waals surface area contributed by atoms with Gasteiger partial charge in [-0.2, -0.15) is 0 Å². The number of hydrogen-bond donors (Lipinski definition) is 1. The van der Waals surface area contributed by atoms with Crippen molar-refractivity contribution in [3.05, 3.63) is 0 Å². The maximum absolute atomic E-state index is 11.7. The quantitative estimate of drug-likeness (QED) is 0.195. The molecule has 5 heteroatoms. The molecule has 0 aliphatic rings. The van der Waals surface area contributed by atoms with Crippen LogP contribution in [0, 0.1) is 0 Å². The number of likely N-dealkylation sites (N-methyl/N-ethyl adjacent to an activating group) is 1. The van der Waals surface area contributed by atoms with Gasteiger partial charge in [0.15, 0.2) is 0 Å². The molecule has 0 bridgehead atoms. The van der Waals surface area contributed by atoms with Gasteiger partial charge in [-0.15, -0.1) is 0 Å². The number of nitrogens with zero attached hydrogens (tertiary/aromatic N) is 1. The number of hydrogen-bond acceptors (Lipinski definition) is 2. The number of amides is 1. The van der Waals surface area contributed by atoms with Crippen molar-refractivity contribution in [1.29, 1.82) is 0 Å². The van der Waals surface area contributed by atoms with Crippen molar-refractivity contribution in [1.82, 2.24) is 4.90 Å². The normalized spacial score (nSPS) is 10.5. The van der Waals surface area contributed by atoms with Gasteiger partial charge in [-0.1, -0.05) is 110 Å². The number of carboxylic acids is 1. The van der Waals surface area contributed by atoms with Crippen molar-refractivity contribution in [2.75, 3.05) is 13.6 Å². The molecule has 0 aromatic heterocycles. The summed E-state index contributed by atoms with van der Waals surface area (Å²) in [6.45, 7) is 2.08. The van der Waals surface area contributed by atoms with Crippen molar-refractivity contribution < 1.29 is 14.7 Å². The van der Waals surface area contributed by atoms with Gasteiger partial charge in [0.2, 0.25) is 5.91 Å². The van der Waals surface area contributed by atoms with Crippen LogP contribution in [0.4, 0.5) is 0 Å². The summed E-state index contributed by atoms with van der Waals surface area (Å²) in [4.78, 5) is 23.6. The zero-order chi connectivity index (χ0) is 20.2. The van der Waals surface area contributed by atoms with Crippen LogP contribution in [-0.4, -0.2) is 86.9 Å². The maximum atomic E-state index is 11.7. The van der Waals surface area contributed by atoms with Crippen LogP contribution in [0.15, 0.2) is 0 Å². The van der Waals surface area contributed by atoms with E-state index in [4.69, 9.17) is 5.11 Å². The Morgan fingerprint density at radius 3 is 1.29 bits per heavy atom. The van der Waals surface area contributed by atoms with Crippen molar-refractivity contribution in [2.45, 2.75) is 122 Å². The van der Waals surface area contributed by atoms with E-state index in [1.54, 1.807) is 7.05 Å². The average molecular weight is 424 g/mol. The molecule has 0 saturated heterocycles. The zero-order valence-electron chi connectivity index (χ0n) is 18.1. The van der Waals surface area contributed by atoms with E-state index in [0.717, 1.165) is 12.8 Å². The Kier molecular flexibility index (Phi) is 26.2. The molecule has 0 aromatic rings. The number of carboxylic acid groups (broad SMARTS) is 1. The topological polar surface area (TPSA) is 57.6 Å². The van der Waals surface area contributed by atoms with Gasteiger partial charge in [0.1, 0.15) is 6.54 Å². The molecule has 0 heterocycles. The molecular formula is C23H46KNO3. The summed E-state index contributed by atoms with van der Waals surface area (Å²) >= 11 is 0. The SMILES string of the molecule is CCCCCCCCCCCCCCCCCCCC(=O)N(C)CC(=O)O.[KH]. The number of carbonyl (C=O) groups is 2. The third-order valence-corrected chi connectivity index (χ3v) is 5.29. The molecule has 0 spiro atoms. The van der Waals surface area contributed by atoms with Crippen LogP contribution in [-0.2, 0) is 9.59 Å². The summed E-state index contributed by atoms with van der Waals surface area (Å²) in [5.74, 6) is -1.01. The Bertz CT molecular complexity index is 364. The molecule has 4 nitrogen and oxygen atoms in total. The molecule has 0 unspecified atom stereocenters. The van der Waals surface area contributed by atoms with E-state index < -0.39 is 5.97 Å². The van der Waals surface area contributed by atoms with Gasteiger partial charge in [-0.3, -0.25) is 9.59 Å². The third-order valence-electron chi connectivity index (χ3n) is 5.29. The second-order valence-corrected chi connectivity index (χ2v) is 8.05. The molecule has 0 fully saturated rings. The van der Waals surface area contributed by atoms with Crippen LogP contribution in [0.2, 0.25) is 0 Å². The van der Waals surface area contributed by atoms with E-state index in [1.807, 2.05) is 0 Å². The minimum absolute atomic E-state index is 0. The Labute approximate surface area is 217 Å². The number of carbonyl (C=O) groups excluding carboxylic acids is 1. The predicted octanol–water partition coefficient (Wildman–Crippen LogP) is 5.92. The second kappa shape index (κ2) is 23.9. The van der Waals surface area contributed by atoms with Gasteiger partial charge >= 0.3 is 57.4 Å². The van der Waals surface area contributed by atoms with E-state index in [0.29, 0.717) is 6.42 Å². The third kappa shape index (κ3) is 22.9. The van der Waals surface area contributed by atoms with E-state index in [1.165, 1.54) is 101 Å². The van der Waals surface area contributed by atoms with E-state index in [2.05, 4.69) is 6.92 Å². The molecule has 0 radical (unpaired) electrons. The van der Waals surface area contributed by atoms with Gasteiger partial charge < -0.3 is 10.0 Å². The van der Waals surface area contributed by atoms with Crippen molar-refractivity contribution in [3.63, 3.8) is 0 Å². The first kappa shape index (κ1) is 30.8. The minimum atomic E-state index is -0.951. The Balaban J connectivity index is 0. The van der Waals surface area contributed by atoms with Crippen LogP contribution in [0.1, 0.15) is 122 Å². The van der Waals surface area contributed by atoms with Crippen LogP contribution >= 0.6 is 0 Å². The first-order valence-corrected chi connectivity index (χ1v) is 11.5. The molecular weight excluding hydrogens is 377 g/mol. The molecule has 0 saturated carbocycles. The van der Waals surface area contributed by atoms with Gasteiger partial charge in [0.05, 0.1) is 0 Å². The van der Waals surface area contributed by atoms with Gasteiger partial charge in [0, 0.05) is 13.5 Å². The van der Waals surface area contributed by atoms with Crippen LogP contribution in [0.5, 0.6) is 0 Å². The summed E-state index contributed by atoms with van der Waals surface area (Å²) in [6.07, 6.45) is 23.0. The summed E-state index contributed by atoms with van der Waals surface area (Å²) in [7, 11) is 1.56. The van der Waals surface area contributed by atoms with Crippen LogP contribution in [0.3, 0.4) is 0 Å². The molecule has 1 N–H and O–H groups in total. The summed E-state index contributed by atoms with van der Waals surface area (Å²) in [6, 6.07) is 0. The van der Waals surface area contributed by atoms with Crippen molar-refractivity contribution in [3.8, 4) is 0 Å². The van der Waals surface area contributed by atoms with Gasteiger partial charge in [-0.05, 0) is 6.42 Å². The van der Waals surface area contributed by atoms with Crippen LogP contribution in [0.25, 0.3) is 0 Å². The molecule has 0 aromatic carbocycles. The van der Waals surface area contributed by atoms with E-state index >= 15 is 0 Å². The Morgan fingerprint density at radius 2 is 0.964 bits per heavy atom. The van der Waals surface area contributed by atoms with E-state index in [-0.39, 0.29) is 63.8 Å². The zero-order valence-corrected chi connectivity index (χ0v) is 18.1. The number of aliphatic carboxylic acids is 1. The molecule has 0 aliphatic carbocycles. The summed E-state index contributed by atoms with van der Waals surface area (Å²) < 4.78 is 0. The molecule has 1 amide bonds. The number of unbranched alkanes of at least 4 members (excludes halogenated alkanes) is 16. The van der Waals surface area contributed by atoms with Crippen molar-refractivity contribution in [2.24, 2.45) is 0 Å².